The highest BCUT2D eigenvalue weighted by atomic mass is 16.5. The summed E-state index contributed by atoms with van der Waals surface area (Å²) in [6, 6.07) is 8.32. The normalized spacial score (nSPS) is 16.6. The molecule has 4 nitrogen and oxygen atoms in total. The van der Waals surface area contributed by atoms with Crippen molar-refractivity contribution >= 4 is 5.97 Å². The minimum Gasteiger partial charge on any atom is -0.465 e. The van der Waals surface area contributed by atoms with Crippen LogP contribution >= 0.6 is 0 Å². The molecule has 1 saturated heterocycles. The van der Waals surface area contributed by atoms with E-state index >= 15 is 0 Å². The molecule has 1 aliphatic heterocycles. The first kappa shape index (κ1) is 14.0. The van der Waals surface area contributed by atoms with Crippen LogP contribution in [0.15, 0.2) is 24.3 Å². The quantitative estimate of drug-likeness (QED) is 0.838. The molecule has 0 amide bonds. The van der Waals surface area contributed by atoms with Crippen molar-refractivity contribution in [3.8, 4) is 0 Å². The first-order valence-electron chi connectivity index (χ1n) is 6.79. The highest BCUT2D eigenvalue weighted by Gasteiger charge is 2.17. The van der Waals surface area contributed by atoms with Crippen LogP contribution in [0.2, 0.25) is 0 Å². The Kier molecular flexibility index (Phi) is 4.93. The van der Waals surface area contributed by atoms with Crippen molar-refractivity contribution in [2.24, 2.45) is 0 Å². The summed E-state index contributed by atoms with van der Waals surface area (Å²) in [7, 11) is 3.57. The van der Waals surface area contributed by atoms with Gasteiger partial charge in [-0.3, -0.25) is 4.90 Å². The summed E-state index contributed by atoms with van der Waals surface area (Å²) in [5.41, 5.74) is 1.84. The van der Waals surface area contributed by atoms with Crippen LogP contribution in [0.5, 0.6) is 0 Å². The van der Waals surface area contributed by atoms with Gasteiger partial charge in [0.05, 0.1) is 12.7 Å². The number of hydrogen-bond acceptors (Lipinski definition) is 4. The standard InChI is InChI=1S/C15H22N2O2/c1-17(14-7-9-16-10-8-14)11-12-3-5-13(6-4-12)15(18)19-2/h3-6,14,16H,7-11H2,1-2H3. The summed E-state index contributed by atoms with van der Waals surface area (Å²) in [6.07, 6.45) is 2.41. The Morgan fingerprint density at radius 1 is 1.32 bits per heavy atom. The number of nitrogens with one attached hydrogen (secondary N) is 1. The van der Waals surface area contributed by atoms with Crippen LogP contribution in [0.1, 0.15) is 28.8 Å². The van der Waals surface area contributed by atoms with E-state index in [-0.39, 0.29) is 5.97 Å². The van der Waals surface area contributed by atoms with Crippen LogP contribution in [0.3, 0.4) is 0 Å². The van der Waals surface area contributed by atoms with E-state index in [1.807, 2.05) is 24.3 Å². The van der Waals surface area contributed by atoms with Crippen LogP contribution in [-0.4, -0.2) is 44.2 Å². The van der Waals surface area contributed by atoms with Gasteiger partial charge in [-0.05, 0) is 50.7 Å². The van der Waals surface area contributed by atoms with Gasteiger partial charge >= 0.3 is 5.97 Å². The Morgan fingerprint density at radius 2 is 1.95 bits per heavy atom. The third-order valence-electron chi connectivity index (χ3n) is 3.74. The van der Waals surface area contributed by atoms with Gasteiger partial charge in [0, 0.05) is 12.6 Å². The maximum Gasteiger partial charge on any atom is 0.337 e. The number of carbonyl (C=O) groups excluding carboxylic acids is 1. The fraction of sp³-hybridized carbons (Fsp3) is 0.533. The van der Waals surface area contributed by atoms with Crippen LogP contribution < -0.4 is 5.32 Å². The van der Waals surface area contributed by atoms with Crippen LogP contribution in [0.25, 0.3) is 0 Å². The van der Waals surface area contributed by atoms with E-state index in [2.05, 4.69) is 17.3 Å². The molecule has 0 spiro atoms. The smallest absolute Gasteiger partial charge is 0.337 e. The summed E-state index contributed by atoms with van der Waals surface area (Å²) >= 11 is 0. The third kappa shape index (κ3) is 3.78. The molecular formula is C15H22N2O2. The van der Waals surface area contributed by atoms with Crippen molar-refractivity contribution < 1.29 is 9.53 Å². The first-order chi connectivity index (χ1) is 9.20. The Balaban J connectivity index is 1.93. The molecule has 1 aromatic rings. The summed E-state index contributed by atoms with van der Waals surface area (Å²) in [6.45, 7) is 3.14. The Labute approximate surface area is 114 Å². The number of carbonyl (C=O) groups is 1. The molecule has 1 N–H and O–H groups in total. The summed E-state index contributed by atoms with van der Waals surface area (Å²) in [5, 5.41) is 3.38. The van der Waals surface area contributed by atoms with Gasteiger partial charge in [0.25, 0.3) is 0 Å². The van der Waals surface area contributed by atoms with Gasteiger partial charge in [-0.25, -0.2) is 4.79 Å². The zero-order valence-electron chi connectivity index (χ0n) is 11.7. The number of rotatable bonds is 4. The molecule has 0 atom stereocenters. The van der Waals surface area contributed by atoms with Crippen molar-refractivity contribution in [3.63, 3.8) is 0 Å². The lowest BCUT2D eigenvalue weighted by atomic mass is 10.0. The van der Waals surface area contributed by atoms with E-state index in [0.717, 1.165) is 19.6 Å². The Hall–Kier alpha value is -1.39. The Bertz CT molecular complexity index is 411. The maximum absolute atomic E-state index is 11.4. The number of methoxy groups -OCH3 is 1. The van der Waals surface area contributed by atoms with Crippen LogP contribution in [-0.2, 0) is 11.3 Å². The van der Waals surface area contributed by atoms with E-state index in [1.54, 1.807) is 0 Å². The van der Waals surface area contributed by atoms with Crippen LogP contribution in [0, 0.1) is 0 Å². The minimum absolute atomic E-state index is 0.279. The first-order valence-corrected chi connectivity index (χ1v) is 6.79. The van der Waals surface area contributed by atoms with Gasteiger partial charge in [-0.15, -0.1) is 0 Å². The number of nitrogens with zero attached hydrogens (tertiary/aromatic N) is 1. The van der Waals surface area contributed by atoms with E-state index in [4.69, 9.17) is 4.74 Å². The van der Waals surface area contributed by atoms with Gasteiger partial charge in [-0.1, -0.05) is 12.1 Å². The van der Waals surface area contributed by atoms with E-state index < -0.39 is 0 Å². The van der Waals surface area contributed by atoms with E-state index in [1.165, 1.54) is 25.5 Å². The predicted octanol–water partition coefficient (Wildman–Crippen LogP) is 1.66. The number of hydrogen-bond donors (Lipinski definition) is 1. The lowest BCUT2D eigenvalue weighted by Gasteiger charge is -2.31. The number of benzene rings is 1. The summed E-state index contributed by atoms with van der Waals surface area (Å²) < 4.78 is 4.70. The van der Waals surface area contributed by atoms with E-state index in [9.17, 15) is 4.79 Å². The Morgan fingerprint density at radius 3 is 2.53 bits per heavy atom. The molecule has 0 unspecified atom stereocenters. The molecule has 0 saturated carbocycles. The second kappa shape index (κ2) is 6.68. The molecule has 2 rings (SSSR count). The molecule has 19 heavy (non-hydrogen) atoms. The van der Waals surface area contributed by atoms with Gasteiger partial charge in [0.15, 0.2) is 0 Å². The molecule has 1 fully saturated rings. The summed E-state index contributed by atoms with van der Waals surface area (Å²) in [4.78, 5) is 13.8. The largest absolute Gasteiger partial charge is 0.465 e. The maximum atomic E-state index is 11.4. The van der Waals surface area contributed by atoms with Crippen molar-refractivity contribution in [2.45, 2.75) is 25.4 Å². The SMILES string of the molecule is COC(=O)c1ccc(CN(C)C2CCNCC2)cc1. The minimum atomic E-state index is -0.279. The third-order valence-corrected chi connectivity index (χ3v) is 3.74. The molecule has 0 radical (unpaired) electrons. The molecule has 0 aliphatic carbocycles. The van der Waals surface area contributed by atoms with Crippen molar-refractivity contribution in [1.82, 2.24) is 10.2 Å². The second-order valence-corrected chi connectivity index (χ2v) is 5.08. The predicted molar refractivity (Wildman–Crippen MR) is 75.1 cm³/mol. The second-order valence-electron chi connectivity index (χ2n) is 5.08. The molecule has 1 aromatic carbocycles. The average molecular weight is 262 g/mol. The zero-order chi connectivity index (χ0) is 13.7. The fourth-order valence-electron chi connectivity index (χ4n) is 2.53. The van der Waals surface area contributed by atoms with Gasteiger partial charge < -0.3 is 10.1 Å². The van der Waals surface area contributed by atoms with Crippen molar-refractivity contribution in [2.75, 3.05) is 27.2 Å². The zero-order valence-corrected chi connectivity index (χ0v) is 11.7. The fourth-order valence-corrected chi connectivity index (χ4v) is 2.53. The molecule has 1 aliphatic rings. The van der Waals surface area contributed by atoms with Crippen molar-refractivity contribution in [3.05, 3.63) is 35.4 Å². The van der Waals surface area contributed by atoms with Crippen LogP contribution in [0.4, 0.5) is 0 Å². The lowest BCUT2D eigenvalue weighted by Crippen LogP contribution is -2.40. The van der Waals surface area contributed by atoms with Gasteiger partial charge in [0.1, 0.15) is 0 Å². The topological polar surface area (TPSA) is 41.6 Å². The highest BCUT2D eigenvalue weighted by Crippen LogP contribution is 2.14. The lowest BCUT2D eigenvalue weighted by molar-refractivity contribution is 0.0600. The number of esters is 1. The monoisotopic (exact) mass is 262 g/mol. The van der Waals surface area contributed by atoms with Gasteiger partial charge in [-0.2, -0.15) is 0 Å². The van der Waals surface area contributed by atoms with Gasteiger partial charge in [0.2, 0.25) is 0 Å². The van der Waals surface area contributed by atoms with Crippen molar-refractivity contribution in [1.29, 1.82) is 0 Å². The molecular weight excluding hydrogens is 240 g/mol. The highest BCUT2D eigenvalue weighted by molar-refractivity contribution is 5.89. The number of ether oxygens (including phenoxy) is 1. The molecule has 0 bridgehead atoms. The molecule has 104 valence electrons. The molecule has 4 heteroatoms. The average Bonchev–Trinajstić information content (AvgIpc) is 2.48. The molecule has 0 aromatic heterocycles. The molecule has 1 heterocycles. The van der Waals surface area contributed by atoms with E-state index in [0.29, 0.717) is 11.6 Å². The number of piperidine rings is 1. The summed E-state index contributed by atoms with van der Waals surface area (Å²) in [5.74, 6) is -0.279.